The van der Waals surface area contributed by atoms with Crippen LogP contribution in [0.2, 0.25) is 0 Å². The van der Waals surface area contributed by atoms with Gasteiger partial charge in [-0.25, -0.2) is 9.97 Å². The lowest BCUT2D eigenvalue weighted by Crippen LogP contribution is -2.11. The van der Waals surface area contributed by atoms with Gasteiger partial charge in [-0.3, -0.25) is 10.1 Å². The maximum absolute atomic E-state index is 12.3. The molecule has 23 heavy (non-hydrogen) atoms. The predicted molar refractivity (Wildman–Crippen MR) is 90.0 cm³/mol. The van der Waals surface area contributed by atoms with Crippen molar-refractivity contribution in [3.63, 3.8) is 0 Å². The molecule has 118 valence electrons. The van der Waals surface area contributed by atoms with Gasteiger partial charge in [0.15, 0.2) is 11.0 Å². The number of ether oxygens (including phenoxy) is 1. The lowest BCUT2D eigenvalue weighted by molar-refractivity contribution is 0.102. The number of rotatable bonds is 4. The molecule has 0 radical (unpaired) electrons. The van der Waals surface area contributed by atoms with Crippen molar-refractivity contribution in [1.82, 2.24) is 14.5 Å². The highest BCUT2D eigenvalue weighted by atomic mass is 32.1. The van der Waals surface area contributed by atoms with Crippen molar-refractivity contribution >= 4 is 22.4 Å². The predicted octanol–water partition coefficient (Wildman–Crippen LogP) is 3.11. The highest BCUT2D eigenvalue weighted by molar-refractivity contribution is 7.19. The topological polar surface area (TPSA) is 69.0 Å². The Kier molecular flexibility index (Phi) is 4.12. The molecule has 0 aliphatic rings. The molecule has 0 spiro atoms. The average molecular weight is 328 g/mol. The quantitative estimate of drug-likeness (QED) is 0.799. The molecule has 1 amide bonds. The first kappa shape index (κ1) is 15.2. The van der Waals surface area contributed by atoms with Crippen molar-refractivity contribution in [2.75, 3.05) is 12.4 Å². The molecule has 0 saturated carbocycles. The van der Waals surface area contributed by atoms with Crippen LogP contribution in [0.5, 0.6) is 5.75 Å². The monoisotopic (exact) mass is 328 g/mol. The summed E-state index contributed by atoms with van der Waals surface area (Å²) in [6, 6.07) is 6.94. The molecule has 7 heteroatoms. The van der Waals surface area contributed by atoms with Crippen LogP contribution in [0.4, 0.5) is 5.13 Å². The van der Waals surface area contributed by atoms with Gasteiger partial charge in [0.25, 0.3) is 5.91 Å². The van der Waals surface area contributed by atoms with Crippen LogP contribution < -0.4 is 10.1 Å². The number of carbonyl (C=O) groups excluding carboxylic acids is 1. The Morgan fingerprint density at radius 3 is 2.65 bits per heavy atom. The zero-order valence-corrected chi connectivity index (χ0v) is 13.8. The Bertz CT molecular complexity index is 836. The maximum Gasteiger partial charge on any atom is 0.257 e. The fourth-order valence-electron chi connectivity index (χ4n) is 2.15. The van der Waals surface area contributed by atoms with E-state index in [2.05, 4.69) is 15.3 Å². The van der Waals surface area contributed by atoms with Gasteiger partial charge in [0.1, 0.15) is 5.75 Å². The molecule has 1 N–H and O–H groups in total. The summed E-state index contributed by atoms with van der Waals surface area (Å²) < 4.78 is 7.01. The molecule has 0 unspecified atom stereocenters. The Morgan fingerprint density at radius 1 is 1.30 bits per heavy atom. The Balaban J connectivity index is 1.80. The van der Waals surface area contributed by atoms with E-state index in [1.165, 1.54) is 11.3 Å². The number of hydrogen-bond donors (Lipinski definition) is 1. The van der Waals surface area contributed by atoms with Crippen molar-refractivity contribution in [2.45, 2.75) is 6.92 Å². The van der Waals surface area contributed by atoms with E-state index in [-0.39, 0.29) is 5.91 Å². The number of aryl methyl sites for hydroxylation is 2. The van der Waals surface area contributed by atoms with Gasteiger partial charge in [-0.2, -0.15) is 0 Å². The smallest absolute Gasteiger partial charge is 0.257 e. The third-order valence-corrected chi connectivity index (χ3v) is 4.46. The minimum atomic E-state index is -0.201. The highest BCUT2D eigenvalue weighted by Crippen LogP contribution is 2.31. The van der Waals surface area contributed by atoms with Crippen LogP contribution >= 0.6 is 11.3 Å². The molecule has 6 nitrogen and oxygen atoms in total. The number of nitrogens with zero attached hydrogens (tertiary/aromatic N) is 3. The second-order valence-electron chi connectivity index (χ2n) is 4.98. The molecule has 2 heterocycles. The number of amides is 1. The highest BCUT2D eigenvalue weighted by Gasteiger charge is 2.15. The van der Waals surface area contributed by atoms with E-state index in [0.717, 1.165) is 16.4 Å². The molecular weight excluding hydrogens is 312 g/mol. The molecule has 0 aliphatic heterocycles. The molecule has 0 atom stereocenters. The van der Waals surface area contributed by atoms with Crippen molar-refractivity contribution in [2.24, 2.45) is 7.05 Å². The fraction of sp³-hybridized carbons (Fsp3) is 0.188. The van der Waals surface area contributed by atoms with Crippen LogP contribution in [-0.2, 0) is 7.05 Å². The number of hydrogen-bond acceptors (Lipinski definition) is 5. The molecule has 0 saturated heterocycles. The molecule has 1 aromatic carbocycles. The van der Waals surface area contributed by atoms with Crippen LogP contribution in [0.15, 0.2) is 36.7 Å². The summed E-state index contributed by atoms with van der Waals surface area (Å²) in [4.78, 5) is 22.0. The number of aromatic nitrogens is 3. The summed E-state index contributed by atoms with van der Waals surface area (Å²) in [5, 5.41) is 3.39. The first-order chi connectivity index (χ1) is 11.1. The normalized spacial score (nSPS) is 10.6. The Hall–Kier alpha value is -2.67. The minimum Gasteiger partial charge on any atom is -0.497 e. The van der Waals surface area contributed by atoms with Crippen molar-refractivity contribution in [3.8, 4) is 16.5 Å². The van der Waals surface area contributed by atoms with E-state index in [9.17, 15) is 4.79 Å². The second-order valence-corrected chi connectivity index (χ2v) is 5.98. The third-order valence-electron chi connectivity index (χ3n) is 3.39. The zero-order chi connectivity index (χ0) is 16.4. The first-order valence-electron chi connectivity index (χ1n) is 6.99. The van der Waals surface area contributed by atoms with Crippen molar-refractivity contribution in [3.05, 3.63) is 47.9 Å². The standard InChI is InChI=1S/C16H16N4O2S/c1-10-13(14-17-8-9-20(14)2)23-16(18-10)19-15(21)11-4-6-12(22-3)7-5-11/h4-9H,1-3H3,(H,18,19,21). The Labute approximate surface area is 137 Å². The van der Waals surface area contributed by atoms with Gasteiger partial charge in [-0.1, -0.05) is 11.3 Å². The van der Waals surface area contributed by atoms with Gasteiger partial charge in [0, 0.05) is 25.0 Å². The summed E-state index contributed by atoms with van der Waals surface area (Å²) in [6.45, 7) is 1.91. The van der Waals surface area contributed by atoms with E-state index in [1.807, 2.05) is 24.7 Å². The minimum absolute atomic E-state index is 0.201. The van der Waals surface area contributed by atoms with Gasteiger partial charge in [-0.05, 0) is 31.2 Å². The van der Waals surface area contributed by atoms with E-state index < -0.39 is 0 Å². The molecule has 0 bridgehead atoms. The van der Waals surface area contributed by atoms with E-state index in [4.69, 9.17) is 4.74 Å². The maximum atomic E-state index is 12.3. The number of thiazole rings is 1. The summed E-state index contributed by atoms with van der Waals surface area (Å²) in [5.41, 5.74) is 1.39. The molecule has 0 aliphatic carbocycles. The molecule has 0 fully saturated rings. The van der Waals surface area contributed by atoms with Crippen molar-refractivity contribution < 1.29 is 9.53 Å². The van der Waals surface area contributed by atoms with E-state index in [0.29, 0.717) is 16.4 Å². The van der Waals surface area contributed by atoms with Gasteiger partial charge in [0.05, 0.1) is 17.7 Å². The molecule has 3 rings (SSSR count). The average Bonchev–Trinajstić information content (AvgIpc) is 3.12. The lowest BCUT2D eigenvalue weighted by atomic mass is 10.2. The molecule has 2 aromatic heterocycles. The Morgan fingerprint density at radius 2 is 2.04 bits per heavy atom. The summed E-state index contributed by atoms with van der Waals surface area (Å²) in [5.74, 6) is 1.35. The fourth-order valence-corrected chi connectivity index (χ4v) is 3.15. The number of carbonyl (C=O) groups is 1. The van der Waals surface area contributed by atoms with Crippen molar-refractivity contribution in [1.29, 1.82) is 0 Å². The van der Waals surface area contributed by atoms with Crippen LogP contribution in [0, 0.1) is 6.92 Å². The van der Waals surface area contributed by atoms with Crippen LogP contribution in [0.25, 0.3) is 10.7 Å². The largest absolute Gasteiger partial charge is 0.497 e. The number of nitrogens with one attached hydrogen (secondary N) is 1. The third kappa shape index (κ3) is 3.09. The first-order valence-corrected chi connectivity index (χ1v) is 7.80. The number of anilines is 1. The van der Waals surface area contributed by atoms with Gasteiger partial charge >= 0.3 is 0 Å². The van der Waals surface area contributed by atoms with Crippen LogP contribution in [-0.4, -0.2) is 27.6 Å². The van der Waals surface area contributed by atoms with Gasteiger partial charge in [0.2, 0.25) is 0 Å². The number of imidazole rings is 1. The second kappa shape index (κ2) is 6.21. The SMILES string of the molecule is COc1ccc(C(=O)Nc2nc(C)c(-c3nccn3C)s2)cc1. The van der Waals surface area contributed by atoms with Crippen LogP contribution in [0.3, 0.4) is 0 Å². The van der Waals surface area contributed by atoms with Crippen LogP contribution in [0.1, 0.15) is 16.1 Å². The summed E-state index contributed by atoms with van der Waals surface area (Å²) in [6.07, 6.45) is 3.62. The van der Waals surface area contributed by atoms with Gasteiger partial charge in [-0.15, -0.1) is 0 Å². The molecular formula is C16H16N4O2S. The van der Waals surface area contributed by atoms with E-state index >= 15 is 0 Å². The van der Waals surface area contributed by atoms with Gasteiger partial charge < -0.3 is 9.30 Å². The number of benzene rings is 1. The zero-order valence-electron chi connectivity index (χ0n) is 13.0. The summed E-state index contributed by atoms with van der Waals surface area (Å²) >= 11 is 1.41. The molecule has 3 aromatic rings. The van der Waals surface area contributed by atoms with E-state index in [1.54, 1.807) is 37.6 Å². The number of methoxy groups -OCH3 is 1. The summed E-state index contributed by atoms with van der Waals surface area (Å²) in [7, 11) is 3.52. The lowest BCUT2D eigenvalue weighted by Gasteiger charge is -2.03.